The number of amides is 2. The second-order valence-corrected chi connectivity index (χ2v) is 5.47. The summed E-state index contributed by atoms with van der Waals surface area (Å²) in [6, 6.07) is 5.00. The summed E-state index contributed by atoms with van der Waals surface area (Å²) in [6.07, 6.45) is 1.19. The average molecular weight is 365 g/mol. The summed E-state index contributed by atoms with van der Waals surface area (Å²) < 4.78 is 29.4. The van der Waals surface area contributed by atoms with E-state index in [9.17, 15) is 23.2 Å². The molecule has 3 N–H and O–H groups in total. The van der Waals surface area contributed by atoms with Crippen molar-refractivity contribution >= 4 is 11.8 Å². The summed E-state index contributed by atoms with van der Waals surface area (Å²) in [5, 5.41) is 13.2. The van der Waals surface area contributed by atoms with E-state index in [-0.39, 0.29) is 35.7 Å². The molecule has 7 nitrogen and oxygen atoms in total. The van der Waals surface area contributed by atoms with Crippen LogP contribution < -0.4 is 16.2 Å². The Balaban J connectivity index is 2.29. The predicted molar refractivity (Wildman–Crippen MR) is 88.2 cm³/mol. The molecule has 9 heteroatoms. The van der Waals surface area contributed by atoms with Crippen molar-refractivity contribution in [2.24, 2.45) is 0 Å². The van der Waals surface area contributed by atoms with Gasteiger partial charge in [0, 0.05) is 36.9 Å². The van der Waals surface area contributed by atoms with Crippen LogP contribution in [-0.4, -0.2) is 28.2 Å². The first-order valence-corrected chi connectivity index (χ1v) is 7.63. The summed E-state index contributed by atoms with van der Waals surface area (Å²) in [5.74, 6) is -3.24. The fourth-order valence-corrected chi connectivity index (χ4v) is 2.25. The highest BCUT2D eigenvalue weighted by Crippen LogP contribution is 2.17. The van der Waals surface area contributed by atoms with Crippen molar-refractivity contribution in [1.29, 1.82) is 0 Å². The summed E-state index contributed by atoms with van der Waals surface area (Å²) in [5.41, 5.74) is -0.532. The Labute approximate surface area is 147 Å². The minimum absolute atomic E-state index is 0.0233. The van der Waals surface area contributed by atoms with Crippen molar-refractivity contribution in [3.63, 3.8) is 0 Å². The fraction of sp³-hybridized carbons (Fsp3) is 0.235. The van der Waals surface area contributed by atoms with Gasteiger partial charge in [0.05, 0.1) is 12.1 Å². The molecule has 0 bridgehead atoms. The summed E-state index contributed by atoms with van der Waals surface area (Å²) in [6.45, 7) is 0.236. The molecule has 1 heterocycles. The zero-order valence-corrected chi connectivity index (χ0v) is 13.9. The standard InChI is InChI=1S/C17H17F2N3O4/c1-10(24)20-6-11-2-3-12(16(19)15(11)18)7-22-8-13(4-5-14(22)25)17(26)21-9-23/h2-5,8,23H,6-7,9H2,1H3,(H,20,24)(H,21,26). The van der Waals surface area contributed by atoms with Gasteiger partial charge in [0.25, 0.3) is 11.5 Å². The Morgan fingerprint density at radius 1 is 1.08 bits per heavy atom. The normalized spacial score (nSPS) is 10.5. The Kier molecular flexibility index (Phi) is 6.18. The number of carbonyl (C=O) groups is 2. The lowest BCUT2D eigenvalue weighted by molar-refractivity contribution is -0.119. The first-order chi connectivity index (χ1) is 12.3. The summed E-state index contributed by atoms with van der Waals surface area (Å²) >= 11 is 0. The number of pyridine rings is 1. The molecule has 0 radical (unpaired) electrons. The molecule has 2 aromatic rings. The fourth-order valence-electron chi connectivity index (χ4n) is 2.25. The first kappa shape index (κ1) is 19.3. The van der Waals surface area contributed by atoms with Crippen molar-refractivity contribution in [3.05, 3.63) is 69.1 Å². The SMILES string of the molecule is CC(=O)NCc1ccc(Cn2cc(C(=O)NCO)ccc2=O)c(F)c1F. The minimum Gasteiger partial charge on any atom is -0.376 e. The third-order valence-corrected chi connectivity index (χ3v) is 3.60. The second-order valence-electron chi connectivity index (χ2n) is 5.47. The number of nitrogens with zero attached hydrogens (tertiary/aromatic N) is 1. The van der Waals surface area contributed by atoms with Gasteiger partial charge < -0.3 is 20.3 Å². The Bertz CT molecular complexity index is 896. The maximum Gasteiger partial charge on any atom is 0.254 e. The number of aliphatic hydroxyl groups excluding tert-OH is 1. The predicted octanol–water partition coefficient (Wildman–Crippen LogP) is 0.490. The highest BCUT2D eigenvalue weighted by atomic mass is 19.2. The number of aliphatic hydroxyl groups is 1. The average Bonchev–Trinajstić information content (AvgIpc) is 2.60. The molecule has 2 amide bonds. The molecule has 0 aliphatic rings. The molecule has 0 saturated carbocycles. The molecule has 1 aromatic heterocycles. The van der Waals surface area contributed by atoms with Crippen LogP contribution in [0.5, 0.6) is 0 Å². The quantitative estimate of drug-likeness (QED) is 0.649. The van der Waals surface area contributed by atoms with Crippen molar-refractivity contribution in [1.82, 2.24) is 15.2 Å². The van der Waals surface area contributed by atoms with Gasteiger partial charge in [0.2, 0.25) is 5.91 Å². The third-order valence-electron chi connectivity index (χ3n) is 3.60. The van der Waals surface area contributed by atoms with Gasteiger partial charge in [-0.25, -0.2) is 8.78 Å². The van der Waals surface area contributed by atoms with Crippen LogP contribution in [-0.2, 0) is 17.9 Å². The number of benzene rings is 1. The van der Waals surface area contributed by atoms with E-state index in [1.54, 1.807) is 0 Å². The van der Waals surface area contributed by atoms with Crippen molar-refractivity contribution < 1.29 is 23.5 Å². The third kappa shape index (κ3) is 4.51. The van der Waals surface area contributed by atoms with E-state index >= 15 is 0 Å². The van der Waals surface area contributed by atoms with Gasteiger partial charge >= 0.3 is 0 Å². The van der Waals surface area contributed by atoms with Crippen LogP contribution in [0.25, 0.3) is 0 Å². The van der Waals surface area contributed by atoms with Gasteiger partial charge in [-0.15, -0.1) is 0 Å². The van der Waals surface area contributed by atoms with Gasteiger partial charge in [-0.05, 0) is 6.07 Å². The first-order valence-electron chi connectivity index (χ1n) is 7.63. The number of halogens is 2. The molecule has 1 aromatic carbocycles. The molecule has 2 rings (SSSR count). The largest absolute Gasteiger partial charge is 0.376 e. The van der Waals surface area contributed by atoms with Crippen LogP contribution in [0.15, 0.2) is 35.3 Å². The Hall–Kier alpha value is -3.07. The number of hydrogen-bond acceptors (Lipinski definition) is 4. The van der Waals surface area contributed by atoms with Crippen LogP contribution in [0.1, 0.15) is 28.4 Å². The lowest BCUT2D eigenvalue weighted by Crippen LogP contribution is -2.27. The number of carbonyl (C=O) groups excluding carboxylic acids is 2. The van der Waals surface area contributed by atoms with Crippen LogP contribution in [0.4, 0.5) is 8.78 Å². The van der Waals surface area contributed by atoms with E-state index in [1.807, 2.05) is 0 Å². The molecule has 0 aliphatic carbocycles. The van der Waals surface area contributed by atoms with Gasteiger partial charge in [0.15, 0.2) is 11.6 Å². The topological polar surface area (TPSA) is 100 Å². The molecule has 0 atom stereocenters. The molecule has 0 saturated heterocycles. The number of aromatic nitrogens is 1. The van der Waals surface area contributed by atoms with Crippen LogP contribution >= 0.6 is 0 Å². The van der Waals surface area contributed by atoms with E-state index < -0.39 is 29.8 Å². The Morgan fingerprint density at radius 2 is 1.73 bits per heavy atom. The molecule has 0 unspecified atom stereocenters. The van der Waals surface area contributed by atoms with Gasteiger partial charge in [0.1, 0.15) is 6.73 Å². The lowest BCUT2D eigenvalue weighted by Gasteiger charge is -2.11. The van der Waals surface area contributed by atoms with Crippen molar-refractivity contribution in [2.45, 2.75) is 20.0 Å². The lowest BCUT2D eigenvalue weighted by atomic mass is 10.1. The highest BCUT2D eigenvalue weighted by Gasteiger charge is 2.15. The van der Waals surface area contributed by atoms with Crippen molar-refractivity contribution in [2.75, 3.05) is 6.73 Å². The molecule has 138 valence electrons. The smallest absolute Gasteiger partial charge is 0.254 e. The monoisotopic (exact) mass is 365 g/mol. The van der Waals surface area contributed by atoms with Crippen LogP contribution in [0, 0.1) is 11.6 Å². The van der Waals surface area contributed by atoms with E-state index in [0.717, 1.165) is 10.6 Å². The minimum atomic E-state index is -1.13. The molecular weight excluding hydrogens is 348 g/mol. The number of rotatable bonds is 6. The maximum absolute atomic E-state index is 14.3. The van der Waals surface area contributed by atoms with Crippen molar-refractivity contribution in [3.8, 4) is 0 Å². The van der Waals surface area contributed by atoms with Crippen LogP contribution in [0.2, 0.25) is 0 Å². The molecule has 0 aliphatic heterocycles. The highest BCUT2D eigenvalue weighted by molar-refractivity contribution is 5.93. The van der Waals surface area contributed by atoms with Gasteiger partial charge in [-0.1, -0.05) is 12.1 Å². The zero-order valence-electron chi connectivity index (χ0n) is 13.9. The van der Waals surface area contributed by atoms with E-state index in [1.165, 1.54) is 31.3 Å². The van der Waals surface area contributed by atoms with E-state index in [2.05, 4.69) is 10.6 Å². The second kappa shape index (κ2) is 8.34. The van der Waals surface area contributed by atoms with E-state index in [0.29, 0.717) is 0 Å². The summed E-state index contributed by atoms with van der Waals surface area (Å²) in [7, 11) is 0. The summed E-state index contributed by atoms with van der Waals surface area (Å²) in [4.78, 5) is 34.5. The molecule has 26 heavy (non-hydrogen) atoms. The number of nitrogens with one attached hydrogen (secondary N) is 2. The number of hydrogen-bond donors (Lipinski definition) is 3. The molecule has 0 spiro atoms. The molecule has 0 fully saturated rings. The maximum atomic E-state index is 14.3. The van der Waals surface area contributed by atoms with Gasteiger partial charge in [-0.2, -0.15) is 0 Å². The molecular formula is C17H17F2N3O4. The van der Waals surface area contributed by atoms with Crippen LogP contribution in [0.3, 0.4) is 0 Å². The van der Waals surface area contributed by atoms with Gasteiger partial charge in [-0.3, -0.25) is 14.4 Å². The zero-order chi connectivity index (χ0) is 19.3. The van der Waals surface area contributed by atoms with E-state index in [4.69, 9.17) is 5.11 Å². The Morgan fingerprint density at radius 3 is 2.38 bits per heavy atom.